The third-order valence-corrected chi connectivity index (χ3v) is 7.08. The standard InChI is InChI=1S/C25H27ClN2O5S/c1-18-8-11-21(12-9-18)34(30,31)28(22-13-10-20(26)16-19(22)2)17-25(29)27-14-15-33-24-7-5-4-6-23(24)32-3/h4-13,16H,14-15,17H2,1-3H3,(H,27,29). The first-order chi connectivity index (χ1) is 16.2. The van der Waals surface area contributed by atoms with E-state index >= 15 is 0 Å². The van der Waals surface area contributed by atoms with Gasteiger partial charge in [0.15, 0.2) is 11.5 Å². The monoisotopic (exact) mass is 502 g/mol. The van der Waals surface area contributed by atoms with Gasteiger partial charge in [0.1, 0.15) is 13.2 Å². The second-order valence-corrected chi connectivity index (χ2v) is 9.90. The molecule has 0 aliphatic rings. The van der Waals surface area contributed by atoms with Crippen LogP contribution in [-0.4, -0.2) is 41.1 Å². The summed E-state index contributed by atoms with van der Waals surface area (Å²) >= 11 is 6.06. The Kier molecular flexibility index (Phi) is 8.41. The lowest BCUT2D eigenvalue weighted by atomic mass is 10.2. The minimum absolute atomic E-state index is 0.0970. The third-order valence-electron chi connectivity index (χ3n) is 5.07. The fraction of sp³-hybridized carbons (Fsp3) is 0.240. The van der Waals surface area contributed by atoms with Crippen molar-refractivity contribution in [2.24, 2.45) is 0 Å². The molecule has 0 aliphatic carbocycles. The van der Waals surface area contributed by atoms with E-state index in [0.717, 1.165) is 9.87 Å². The highest BCUT2D eigenvalue weighted by Gasteiger charge is 2.28. The third kappa shape index (κ3) is 6.21. The molecular formula is C25H27ClN2O5S. The number of hydrogen-bond donors (Lipinski definition) is 1. The number of nitrogens with zero attached hydrogens (tertiary/aromatic N) is 1. The number of halogens is 1. The minimum atomic E-state index is -4.00. The van der Waals surface area contributed by atoms with Gasteiger partial charge in [-0.1, -0.05) is 41.4 Å². The van der Waals surface area contributed by atoms with Crippen LogP contribution in [0.3, 0.4) is 0 Å². The number of benzene rings is 3. The average Bonchev–Trinajstić information content (AvgIpc) is 2.81. The number of amides is 1. The van der Waals surface area contributed by atoms with Crippen LogP contribution in [0.25, 0.3) is 0 Å². The van der Waals surface area contributed by atoms with Gasteiger partial charge in [-0.2, -0.15) is 0 Å². The van der Waals surface area contributed by atoms with Gasteiger partial charge in [0.2, 0.25) is 5.91 Å². The predicted octanol–water partition coefficient (Wildman–Crippen LogP) is 4.36. The molecule has 1 amide bonds. The van der Waals surface area contributed by atoms with Crippen molar-refractivity contribution in [1.82, 2.24) is 5.32 Å². The number of para-hydroxylation sites is 2. The van der Waals surface area contributed by atoms with Crippen molar-refractivity contribution < 1.29 is 22.7 Å². The number of hydrogen-bond acceptors (Lipinski definition) is 5. The SMILES string of the molecule is COc1ccccc1OCCNC(=O)CN(c1ccc(Cl)cc1C)S(=O)(=O)c1ccc(C)cc1. The van der Waals surface area contributed by atoms with Crippen molar-refractivity contribution in [1.29, 1.82) is 0 Å². The van der Waals surface area contributed by atoms with Crippen LogP contribution in [0, 0.1) is 13.8 Å². The van der Waals surface area contributed by atoms with Crippen molar-refractivity contribution >= 4 is 33.2 Å². The molecule has 1 N–H and O–H groups in total. The van der Waals surface area contributed by atoms with E-state index in [4.69, 9.17) is 21.1 Å². The number of nitrogens with one attached hydrogen (secondary N) is 1. The highest BCUT2D eigenvalue weighted by atomic mass is 35.5. The van der Waals surface area contributed by atoms with Crippen LogP contribution in [0.15, 0.2) is 71.6 Å². The van der Waals surface area contributed by atoms with Gasteiger partial charge in [0.05, 0.1) is 24.2 Å². The smallest absolute Gasteiger partial charge is 0.264 e. The lowest BCUT2D eigenvalue weighted by Gasteiger charge is -2.26. The number of sulfonamides is 1. The molecule has 0 heterocycles. The summed E-state index contributed by atoms with van der Waals surface area (Å²) in [5.74, 6) is 0.677. The Hall–Kier alpha value is -3.23. The molecule has 0 fully saturated rings. The van der Waals surface area contributed by atoms with Crippen LogP contribution in [0.1, 0.15) is 11.1 Å². The maximum absolute atomic E-state index is 13.5. The maximum Gasteiger partial charge on any atom is 0.264 e. The van der Waals surface area contributed by atoms with Gasteiger partial charge >= 0.3 is 0 Å². The maximum atomic E-state index is 13.5. The Morgan fingerprint density at radius 1 is 1.00 bits per heavy atom. The summed E-state index contributed by atoms with van der Waals surface area (Å²) in [7, 11) is -2.45. The fourth-order valence-corrected chi connectivity index (χ4v) is 5.02. The predicted molar refractivity (Wildman–Crippen MR) is 133 cm³/mol. The van der Waals surface area contributed by atoms with Gasteiger partial charge in [0, 0.05) is 5.02 Å². The molecule has 3 rings (SSSR count). The molecule has 0 aromatic heterocycles. The van der Waals surface area contributed by atoms with Crippen molar-refractivity contribution in [2.45, 2.75) is 18.7 Å². The van der Waals surface area contributed by atoms with Gasteiger partial charge in [-0.05, 0) is 61.9 Å². The van der Waals surface area contributed by atoms with Gasteiger partial charge < -0.3 is 14.8 Å². The molecule has 34 heavy (non-hydrogen) atoms. The van der Waals surface area contributed by atoms with E-state index in [0.29, 0.717) is 27.8 Å². The first-order valence-corrected chi connectivity index (χ1v) is 12.4. The molecule has 180 valence electrons. The van der Waals surface area contributed by atoms with E-state index < -0.39 is 22.5 Å². The molecule has 0 saturated heterocycles. The number of aryl methyl sites for hydroxylation is 2. The van der Waals surface area contributed by atoms with Crippen LogP contribution in [0.2, 0.25) is 5.02 Å². The summed E-state index contributed by atoms with van der Waals surface area (Å²) in [6.07, 6.45) is 0. The quantitative estimate of drug-likeness (QED) is 0.416. The van der Waals surface area contributed by atoms with E-state index in [2.05, 4.69) is 5.32 Å². The Labute approximate surface area is 205 Å². The molecule has 7 nitrogen and oxygen atoms in total. The average molecular weight is 503 g/mol. The lowest BCUT2D eigenvalue weighted by Crippen LogP contribution is -2.42. The zero-order chi connectivity index (χ0) is 24.7. The summed E-state index contributed by atoms with van der Waals surface area (Å²) in [6.45, 7) is 3.61. The van der Waals surface area contributed by atoms with Crippen molar-refractivity contribution in [3.05, 3.63) is 82.9 Å². The summed E-state index contributed by atoms with van der Waals surface area (Å²) < 4.78 is 38.9. The molecular weight excluding hydrogens is 476 g/mol. The molecule has 0 saturated carbocycles. The van der Waals surface area contributed by atoms with E-state index in [-0.39, 0.29) is 18.0 Å². The summed E-state index contributed by atoms with van der Waals surface area (Å²) in [4.78, 5) is 12.8. The van der Waals surface area contributed by atoms with Crippen LogP contribution >= 0.6 is 11.6 Å². The van der Waals surface area contributed by atoms with Gasteiger partial charge in [-0.15, -0.1) is 0 Å². The van der Waals surface area contributed by atoms with Crippen LogP contribution in [0.4, 0.5) is 5.69 Å². The van der Waals surface area contributed by atoms with E-state index in [1.165, 1.54) is 12.1 Å². The first kappa shape index (κ1) is 25.4. The van der Waals surface area contributed by atoms with Gasteiger partial charge in [-0.25, -0.2) is 8.42 Å². The number of methoxy groups -OCH3 is 1. The van der Waals surface area contributed by atoms with Crippen molar-refractivity contribution in [3.63, 3.8) is 0 Å². The zero-order valence-electron chi connectivity index (χ0n) is 19.2. The highest BCUT2D eigenvalue weighted by Crippen LogP contribution is 2.29. The number of carbonyl (C=O) groups is 1. The number of anilines is 1. The lowest BCUT2D eigenvalue weighted by molar-refractivity contribution is -0.119. The summed E-state index contributed by atoms with van der Waals surface area (Å²) in [6, 6.07) is 18.5. The van der Waals surface area contributed by atoms with Crippen molar-refractivity contribution in [3.8, 4) is 11.5 Å². The minimum Gasteiger partial charge on any atom is -0.493 e. The number of ether oxygens (including phenoxy) is 2. The largest absolute Gasteiger partial charge is 0.493 e. The molecule has 3 aromatic carbocycles. The van der Waals surface area contributed by atoms with Crippen LogP contribution in [-0.2, 0) is 14.8 Å². The highest BCUT2D eigenvalue weighted by molar-refractivity contribution is 7.92. The van der Waals surface area contributed by atoms with Gasteiger partial charge in [0.25, 0.3) is 10.0 Å². The summed E-state index contributed by atoms with van der Waals surface area (Å²) in [5.41, 5.74) is 1.95. The van der Waals surface area contributed by atoms with Crippen molar-refractivity contribution in [2.75, 3.05) is 31.1 Å². The van der Waals surface area contributed by atoms with E-state index in [1.807, 2.05) is 19.1 Å². The molecule has 0 aliphatic heterocycles. The Morgan fingerprint density at radius 3 is 2.32 bits per heavy atom. The molecule has 0 unspecified atom stereocenters. The Bertz CT molecular complexity index is 1250. The number of carbonyl (C=O) groups excluding carboxylic acids is 1. The van der Waals surface area contributed by atoms with Crippen LogP contribution in [0.5, 0.6) is 11.5 Å². The molecule has 0 atom stereocenters. The molecule has 9 heteroatoms. The second-order valence-electron chi connectivity index (χ2n) is 7.60. The Morgan fingerprint density at radius 2 is 1.68 bits per heavy atom. The van der Waals surface area contributed by atoms with E-state index in [9.17, 15) is 13.2 Å². The van der Waals surface area contributed by atoms with E-state index in [1.54, 1.807) is 56.5 Å². The first-order valence-electron chi connectivity index (χ1n) is 10.6. The Balaban J connectivity index is 1.75. The van der Waals surface area contributed by atoms with Gasteiger partial charge in [-0.3, -0.25) is 9.10 Å². The second kappa shape index (κ2) is 11.3. The normalized spacial score (nSPS) is 11.1. The zero-order valence-corrected chi connectivity index (χ0v) is 20.8. The summed E-state index contributed by atoms with van der Waals surface area (Å²) in [5, 5.41) is 3.20. The number of rotatable bonds is 10. The fourth-order valence-electron chi connectivity index (χ4n) is 3.31. The van der Waals surface area contributed by atoms with Crippen LogP contribution < -0.4 is 19.1 Å². The topological polar surface area (TPSA) is 84.9 Å². The molecule has 0 spiro atoms. The molecule has 0 radical (unpaired) electrons. The molecule has 3 aromatic rings. The molecule has 0 bridgehead atoms.